The lowest BCUT2D eigenvalue weighted by atomic mass is 10.1. The van der Waals surface area contributed by atoms with Crippen molar-refractivity contribution >= 4 is 15.9 Å². The lowest BCUT2D eigenvalue weighted by molar-refractivity contribution is -0.0446. The fourth-order valence-electron chi connectivity index (χ4n) is 1.48. The summed E-state index contributed by atoms with van der Waals surface area (Å²) in [5.41, 5.74) is -6.34. The SMILES string of the molecule is O=C(NS(=O)(=O)C(F)(F)F)c1cc(OCCO)c(O)c(OCCO)c1. The molecule has 1 aromatic rings. The topological polar surface area (TPSA) is 142 Å². The molecule has 0 aromatic heterocycles. The van der Waals surface area contributed by atoms with Crippen LogP contribution in [0, 0.1) is 0 Å². The number of aromatic hydroxyl groups is 1. The number of benzene rings is 1. The molecule has 142 valence electrons. The first kappa shape index (κ1) is 20.8. The van der Waals surface area contributed by atoms with E-state index in [1.54, 1.807) is 0 Å². The standard InChI is InChI=1S/C12H14F3NO8S/c13-12(14,15)25(21,22)16-11(20)7-5-8(23-3-1-17)10(19)9(6-7)24-4-2-18/h5-6,17-19H,1-4H2,(H,16,20). The summed E-state index contributed by atoms with van der Waals surface area (Å²) in [6.07, 6.45) is 0. The van der Waals surface area contributed by atoms with Crippen LogP contribution in [0.1, 0.15) is 10.4 Å². The molecule has 1 amide bonds. The number of sulfonamides is 1. The second kappa shape index (κ2) is 8.22. The smallest absolute Gasteiger partial charge is 0.502 e. The summed E-state index contributed by atoms with van der Waals surface area (Å²) in [6, 6.07) is 1.52. The Morgan fingerprint density at radius 2 is 1.52 bits per heavy atom. The molecule has 0 spiro atoms. The van der Waals surface area contributed by atoms with Gasteiger partial charge in [0.15, 0.2) is 11.5 Å². The van der Waals surface area contributed by atoms with Crippen molar-refractivity contribution in [2.75, 3.05) is 26.4 Å². The molecule has 13 heteroatoms. The number of aliphatic hydroxyl groups excluding tert-OH is 2. The molecule has 0 atom stereocenters. The van der Waals surface area contributed by atoms with Gasteiger partial charge in [0.05, 0.1) is 13.2 Å². The Labute approximate surface area is 139 Å². The number of phenolic OH excluding ortho intramolecular Hbond substituents is 1. The van der Waals surface area contributed by atoms with Crippen molar-refractivity contribution in [3.05, 3.63) is 17.7 Å². The van der Waals surface area contributed by atoms with Crippen LogP contribution < -0.4 is 14.2 Å². The maximum atomic E-state index is 12.3. The molecule has 0 saturated carbocycles. The van der Waals surface area contributed by atoms with E-state index in [0.717, 1.165) is 16.9 Å². The van der Waals surface area contributed by atoms with Crippen LogP contribution in [0.4, 0.5) is 13.2 Å². The number of nitrogens with one attached hydrogen (secondary N) is 1. The van der Waals surface area contributed by atoms with Gasteiger partial charge in [0.2, 0.25) is 5.75 Å². The molecule has 0 fully saturated rings. The summed E-state index contributed by atoms with van der Waals surface area (Å²) >= 11 is 0. The van der Waals surface area contributed by atoms with Crippen molar-refractivity contribution in [1.82, 2.24) is 4.72 Å². The molecule has 1 rings (SSSR count). The first-order chi connectivity index (χ1) is 11.5. The zero-order chi connectivity index (χ0) is 19.3. The van der Waals surface area contributed by atoms with Crippen LogP contribution in [-0.2, 0) is 10.0 Å². The third-order valence-corrected chi connectivity index (χ3v) is 3.60. The Kier molecular flexibility index (Phi) is 6.84. The van der Waals surface area contributed by atoms with Crippen molar-refractivity contribution in [1.29, 1.82) is 0 Å². The monoisotopic (exact) mass is 389 g/mol. The fourth-order valence-corrected chi connectivity index (χ4v) is 1.96. The molecule has 1 aromatic carbocycles. The number of amides is 1. The van der Waals surface area contributed by atoms with Gasteiger partial charge in [-0.05, 0) is 12.1 Å². The molecule has 25 heavy (non-hydrogen) atoms. The fraction of sp³-hybridized carbons (Fsp3) is 0.417. The van der Waals surface area contributed by atoms with Crippen molar-refractivity contribution in [2.24, 2.45) is 0 Å². The Bertz CT molecular complexity index is 691. The van der Waals surface area contributed by atoms with Gasteiger partial charge in [0, 0.05) is 5.56 Å². The van der Waals surface area contributed by atoms with E-state index in [9.17, 15) is 31.5 Å². The van der Waals surface area contributed by atoms with Crippen LogP contribution in [-0.4, -0.2) is 61.6 Å². The molecule has 0 aliphatic heterocycles. The zero-order valence-electron chi connectivity index (χ0n) is 12.4. The van der Waals surface area contributed by atoms with E-state index in [4.69, 9.17) is 19.7 Å². The van der Waals surface area contributed by atoms with Gasteiger partial charge in [-0.15, -0.1) is 0 Å². The van der Waals surface area contributed by atoms with Gasteiger partial charge in [0.25, 0.3) is 5.91 Å². The van der Waals surface area contributed by atoms with Crippen molar-refractivity contribution in [3.8, 4) is 17.2 Å². The molecule has 0 aliphatic carbocycles. The van der Waals surface area contributed by atoms with Gasteiger partial charge >= 0.3 is 15.5 Å². The molecular weight excluding hydrogens is 375 g/mol. The van der Waals surface area contributed by atoms with Crippen LogP contribution >= 0.6 is 0 Å². The molecule has 0 unspecified atom stereocenters. The molecule has 0 bridgehead atoms. The summed E-state index contributed by atoms with van der Waals surface area (Å²) < 4.78 is 69.5. The highest BCUT2D eigenvalue weighted by molar-refractivity contribution is 7.90. The first-order valence-electron chi connectivity index (χ1n) is 6.51. The Morgan fingerprint density at radius 3 is 1.88 bits per heavy atom. The minimum absolute atomic E-state index is 0.334. The van der Waals surface area contributed by atoms with Gasteiger partial charge in [0.1, 0.15) is 13.2 Å². The molecule has 9 nitrogen and oxygen atoms in total. The Balaban J connectivity index is 3.22. The number of ether oxygens (including phenoxy) is 2. The molecule has 0 radical (unpaired) electrons. The second-order valence-electron chi connectivity index (χ2n) is 4.35. The van der Waals surface area contributed by atoms with Crippen LogP contribution in [0.3, 0.4) is 0 Å². The molecule has 4 N–H and O–H groups in total. The van der Waals surface area contributed by atoms with E-state index in [0.29, 0.717) is 0 Å². The molecule has 0 saturated heterocycles. The predicted octanol–water partition coefficient (Wildman–Crippen LogP) is -0.286. The summed E-state index contributed by atoms with van der Waals surface area (Å²) in [6.45, 7) is -1.63. The van der Waals surface area contributed by atoms with Crippen LogP contribution in [0.25, 0.3) is 0 Å². The minimum atomic E-state index is -5.94. The van der Waals surface area contributed by atoms with E-state index in [1.165, 1.54) is 0 Å². The molecule has 0 heterocycles. The normalized spacial score (nSPS) is 11.9. The number of phenols is 1. The molecule has 0 aliphatic rings. The lowest BCUT2D eigenvalue weighted by Gasteiger charge is -2.14. The van der Waals surface area contributed by atoms with Gasteiger partial charge in [-0.25, -0.2) is 4.72 Å². The van der Waals surface area contributed by atoms with Crippen LogP contribution in [0.5, 0.6) is 17.2 Å². The highest BCUT2D eigenvalue weighted by Crippen LogP contribution is 2.37. The van der Waals surface area contributed by atoms with E-state index in [2.05, 4.69) is 0 Å². The van der Waals surface area contributed by atoms with E-state index in [-0.39, 0.29) is 13.2 Å². The number of alkyl halides is 3. The highest BCUT2D eigenvalue weighted by Gasteiger charge is 2.47. The number of aliphatic hydroxyl groups is 2. The Morgan fingerprint density at radius 1 is 1.08 bits per heavy atom. The van der Waals surface area contributed by atoms with E-state index < -0.39 is 57.5 Å². The third kappa shape index (κ3) is 5.37. The minimum Gasteiger partial charge on any atom is -0.502 e. The summed E-state index contributed by atoms with van der Waals surface area (Å²) in [7, 11) is -5.94. The number of halogens is 3. The van der Waals surface area contributed by atoms with Crippen molar-refractivity contribution < 1.29 is 51.2 Å². The average Bonchev–Trinajstić information content (AvgIpc) is 2.51. The summed E-state index contributed by atoms with van der Waals surface area (Å²) in [5.74, 6) is -3.20. The summed E-state index contributed by atoms with van der Waals surface area (Å²) in [5, 5.41) is 27.3. The van der Waals surface area contributed by atoms with Crippen molar-refractivity contribution in [3.63, 3.8) is 0 Å². The average molecular weight is 389 g/mol. The number of carbonyl (C=O) groups is 1. The molecular formula is C12H14F3NO8S. The van der Waals surface area contributed by atoms with Crippen molar-refractivity contribution in [2.45, 2.75) is 5.51 Å². The number of carbonyl (C=O) groups excluding carboxylic acids is 1. The Hall–Kier alpha value is -2.25. The highest BCUT2D eigenvalue weighted by atomic mass is 32.2. The zero-order valence-corrected chi connectivity index (χ0v) is 13.2. The van der Waals surface area contributed by atoms with E-state index >= 15 is 0 Å². The predicted molar refractivity (Wildman–Crippen MR) is 75.7 cm³/mol. The quantitative estimate of drug-likeness (QED) is 0.475. The lowest BCUT2D eigenvalue weighted by Crippen LogP contribution is -2.40. The van der Waals surface area contributed by atoms with Gasteiger partial charge in [-0.1, -0.05) is 0 Å². The summed E-state index contributed by atoms with van der Waals surface area (Å²) in [4.78, 5) is 11.8. The maximum absolute atomic E-state index is 12.3. The largest absolute Gasteiger partial charge is 0.516 e. The maximum Gasteiger partial charge on any atom is 0.516 e. The number of hydrogen-bond donors (Lipinski definition) is 4. The second-order valence-corrected chi connectivity index (χ2v) is 6.02. The van der Waals surface area contributed by atoms with Gasteiger partial charge < -0.3 is 24.8 Å². The third-order valence-electron chi connectivity index (χ3n) is 2.53. The van der Waals surface area contributed by atoms with Crippen LogP contribution in [0.2, 0.25) is 0 Å². The number of rotatable bonds is 8. The van der Waals surface area contributed by atoms with Gasteiger partial charge in [-0.2, -0.15) is 21.6 Å². The van der Waals surface area contributed by atoms with Gasteiger partial charge in [-0.3, -0.25) is 4.79 Å². The van der Waals surface area contributed by atoms with Crippen LogP contribution in [0.15, 0.2) is 12.1 Å². The van der Waals surface area contributed by atoms with E-state index in [1.807, 2.05) is 0 Å². The number of hydrogen-bond acceptors (Lipinski definition) is 8. The first-order valence-corrected chi connectivity index (χ1v) is 7.99.